The van der Waals surface area contributed by atoms with Crippen molar-refractivity contribution in [3.63, 3.8) is 0 Å². The number of rotatable bonds is 11. The summed E-state index contributed by atoms with van der Waals surface area (Å²) < 4.78 is 6.19. The highest BCUT2D eigenvalue weighted by molar-refractivity contribution is 5.86. The number of carbonyl (C=O) groups excluding carboxylic acids is 3. The van der Waals surface area contributed by atoms with Crippen LogP contribution in [0.15, 0.2) is 130 Å². The molecule has 0 aliphatic rings. The van der Waals surface area contributed by atoms with Crippen LogP contribution in [0.5, 0.6) is 0 Å². The van der Waals surface area contributed by atoms with Crippen molar-refractivity contribution in [1.29, 1.82) is 0 Å². The third-order valence-corrected chi connectivity index (χ3v) is 4.61. The summed E-state index contributed by atoms with van der Waals surface area (Å²) in [6.45, 7) is 13.6. The maximum atomic E-state index is 10.1. The lowest BCUT2D eigenvalue weighted by atomic mass is 9.96. The van der Waals surface area contributed by atoms with Crippen molar-refractivity contribution in [2.24, 2.45) is 0 Å². The summed E-state index contributed by atoms with van der Waals surface area (Å²) in [6, 6.07) is 18.0. The molecular formula is C30H35N3O7. The van der Waals surface area contributed by atoms with Crippen LogP contribution in [0.1, 0.15) is 12.8 Å². The van der Waals surface area contributed by atoms with Gasteiger partial charge in [-0.2, -0.15) is 0 Å². The second-order valence-electron chi connectivity index (χ2n) is 8.00. The summed E-state index contributed by atoms with van der Waals surface area (Å²) in [7, 11) is 0. The van der Waals surface area contributed by atoms with Gasteiger partial charge in [-0.05, 0) is 18.2 Å². The van der Waals surface area contributed by atoms with Crippen LogP contribution >= 0.6 is 0 Å². The Morgan fingerprint density at radius 1 is 0.575 bits per heavy atom. The molecule has 0 radical (unpaired) electrons. The van der Waals surface area contributed by atoms with Gasteiger partial charge in [0, 0.05) is 61.2 Å². The molecule has 0 fully saturated rings. The van der Waals surface area contributed by atoms with Crippen LogP contribution in [0.3, 0.4) is 0 Å². The number of carboxylic acids is 3. The van der Waals surface area contributed by atoms with Crippen LogP contribution in [0.25, 0.3) is 0 Å². The molecule has 3 heterocycles. The maximum Gasteiger partial charge on any atom is 0.169 e. The van der Waals surface area contributed by atoms with Gasteiger partial charge in [0.1, 0.15) is 5.60 Å². The van der Waals surface area contributed by atoms with E-state index in [0.717, 1.165) is 19.6 Å². The van der Waals surface area contributed by atoms with Crippen LogP contribution < -0.4 is 29.0 Å². The number of carbonyl (C=O) groups is 3. The number of aromatic nitrogens is 3. The Hall–Kier alpha value is -4.96. The summed E-state index contributed by atoms with van der Waals surface area (Å²) in [5, 5.41) is 38.9. The number of nitrogens with zero attached hydrogens (tertiary/aromatic N) is 3. The van der Waals surface area contributed by atoms with Gasteiger partial charge in [-0.1, -0.05) is 37.9 Å². The Balaban J connectivity index is 0.000000513. The number of aliphatic hydroxyl groups is 1. The van der Waals surface area contributed by atoms with Gasteiger partial charge in [0.05, 0.1) is 5.97 Å². The second kappa shape index (κ2) is 21.0. The van der Waals surface area contributed by atoms with Crippen molar-refractivity contribution < 1.29 is 48.5 Å². The van der Waals surface area contributed by atoms with E-state index in [1.807, 2.05) is 110 Å². The summed E-state index contributed by atoms with van der Waals surface area (Å²) >= 11 is 0. The van der Waals surface area contributed by atoms with E-state index in [1.165, 1.54) is 0 Å². The van der Waals surface area contributed by atoms with Gasteiger partial charge < -0.3 is 34.8 Å². The summed E-state index contributed by atoms with van der Waals surface area (Å²) in [5.74, 6) is -5.98. The van der Waals surface area contributed by atoms with Crippen molar-refractivity contribution >= 4 is 17.9 Å². The Kier molecular flexibility index (Phi) is 18.4. The van der Waals surface area contributed by atoms with E-state index in [4.69, 9.17) is 5.11 Å². The van der Waals surface area contributed by atoms with Gasteiger partial charge in [-0.3, -0.25) is 0 Å². The topological polar surface area (TPSA) is 152 Å². The van der Waals surface area contributed by atoms with Crippen molar-refractivity contribution in [3.8, 4) is 0 Å². The normalized spacial score (nSPS) is 9.53. The SMILES string of the molecule is C=CC[n+]1ccccc1.C=CC[n+]1ccccc1.C=CC[n+]1ccccc1.O=C([O-])CC(O)(CC(=O)[O-])C(=O)[O-]. The standard InChI is InChI=1S/3C8H10N.C6H8O7/c3*1-2-6-9-7-4-3-5-8-9;7-3(8)1-6(13,5(11)12)2-4(9)10/h3*2-5,7-8H,1,6H2;13H,1-2H2,(H,7,8)(H,9,10)(H,11,12)/q3*+1;/p-3. The van der Waals surface area contributed by atoms with E-state index in [-0.39, 0.29) is 0 Å². The number of aliphatic carboxylic acids is 3. The lowest BCUT2D eigenvalue weighted by Crippen LogP contribution is -2.54. The molecule has 0 aromatic carbocycles. The van der Waals surface area contributed by atoms with Crippen LogP contribution in [-0.2, 0) is 34.0 Å². The molecule has 0 unspecified atom stereocenters. The highest BCUT2D eigenvalue weighted by Gasteiger charge is 2.29. The number of carboxylic acid groups (broad SMARTS) is 3. The van der Waals surface area contributed by atoms with Crippen LogP contribution in [0, 0.1) is 0 Å². The smallest absolute Gasteiger partial charge is 0.169 e. The van der Waals surface area contributed by atoms with E-state index < -0.39 is 36.4 Å². The Morgan fingerprint density at radius 2 is 0.825 bits per heavy atom. The monoisotopic (exact) mass is 549 g/mol. The molecule has 3 aromatic heterocycles. The molecule has 0 spiro atoms. The summed E-state index contributed by atoms with van der Waals surface area (Å²) in [4.78, 5) is 30.0. The molecule has 10 nitrogen and oxygen atoms in total. The largest absolute Gasteiger partial charge is 0.550 e. The number of pyridine rings is 3. The van der Waals surface area contributed by atoms with Gasteiger partial charge in [0.25, 0.3) is 0 Å². The molecule has 3 rings (SSSR count). The van der Waals surface area contributed by atoms with Crippen molar-refractivity contribution in [3.05, 3.63) is 130 Å². The Morgan fingerprint density at radius 3 is 1.00 bits per heavy atom. The van der Waals surface area contributed by atoms with Crippen molar-refractivity contribution in [1.82, 2.24) is 0 Å². The average molecular weight is 550 g/mol. The first kappa shape index (κ1) is 35.0. The van der Waals surface area contributed by atoms with E-state index >= 15 is 0 Å². The molecule has 0 amide bonds. The molecule has 0 bridgehead atoms. The van der Waals surface area contributed by atoms with E-state index in [0.29, 0.717) is 0 Å². The minimum Gasteiger partial charge on any atom is -0.550 e. The van der Waals surface area contributed by atoms with E-state index in [2.05, 4.69) is 33.4 Å². The fourth-order valence-corrected chi connectivity index (χ4v) is 2.80. The fraction of sp³-hybridized carbons (Fsp3) is 0.200. The number of hydrogen-bond donors (Lipinski definition) is 1. The molecular weight excluding hydrogens is 514 g/mol. The van der Waals surface area contributed by atoms with E-state index in [9.17, 15) is 29.7 Å². The molecule has 0 aliphatic heterocycles. The fourth-order valence-electron chi connectivity index (χ4n) is 2.80. The van der Waals surface area contributed by atoms with Crippen molar-refractivity contribution in [2.75, 3.05) is 0 Å². The zero-order chi connectivity index (χ0) is 30.2. The number of hydrogen-bond acceptors (Lipinski definition) is 7. The van der Waals surface area contributed by atoms with Crippen LogP contribution in [0.2, 0.25) is 0 Å². The number of allylic oxidation sites excluding steroid dienone is 3. The zero-order valence-corrected chi connectivity index (χ0v) is 22.3. The first-order valence-electron chi connectivity index (χ1n) is 12.1. The highest BCUT2D eigenvalue weighted by atomic mass is 16.4. The minimum absolute atomic E-state index is 0.890. The third-order valence-electron chi connectivity index (χ3n) is 4.61. The molecule has 212 valence electrons. The highest BCUT2D eigenvalue weighted by Crippen LogP contribution is 2.13. The van der Waals surface area contributed by atoms with Gasteiger partial charge in [-0.15, -0.1) is 0 Å². The third kappa shape index (κ3) is 17.5. The molecule has 0 saturated heterocycles. The lowest BCUT2D eigenvalue weighted by molar-refractivity contribution is -0.687. The van der Waals surface area contributed by atoms with Crippen LogP contribution in [0.4, 0.5) is 0 Å². The van der Waals surface area contributed by atoms with Gasteiger partial charge in [-0.25, -0.2) is 13.7 Å². The van der Waals surface area contributed by atoms with Gasteiger partial charge >= 0.3 is 0 Å². The first-order valence-corrected chi connectivity index (χ1v) is 12.1. The molecule has 0 atom stereocenters. The summed E-state index contributed by atoms with van der Waals surface area (Å²) in [5.41, 5.74) is -2.97. The Labute approximate surface area is 234 Å². The lowest BCUT2D eigenvalue weighted by Gasteiger charge is -2.29. The maximum absolute atomic E-state index is 10.1. The van der Waals surface area contributed by atoms with Gasteiger partial charge in [0.2, 0.25) is 0 Å². The van der Waals surface area contributed by atoms with Gasteiger partial charge in [0.15, 0.2) is 56.8 Å². The summed E-state index contributed by atoms with van der Waals surface area (Å²) in [6.07, 6.45) is 15.0. The first-order chi connectivity index (χ1) is 19.1. The predicted octanol–water partition coefficient (Wildman–Crippen LogP) is -1.77. The Bertz CT molecular complexity index is 1050. The molecule has 1 N–H and O–H groups in total. The average Bonchev–Trinajstić information content (AvgIpc) is 2.91. The zero-order valence-electron chi connectivity index (χ0n) is 22.3. The quantitative estimate of drug-likeness (QED) is 0.219. The molecule has 0 aliphatic carbocycles. The van der Waals surface area contributed by atoms with Crippen LogP contribution in [-0.4, -0.2) is 28.6 Å². The molecule has 3 aromatic rings. The second-order valence-corrected chi connectivity index (χ2v) is 8.00. The molecule has 0 saturated carbocycles. The minimum atomic E-state index is -2.97. The van der Waals surface area contributed by atoms with E-state index in [1.54, 1.807) is 0 Å². The molecule has 40 heavy (non-hydrogen) atoms. The predicted molar refractivity (Wildman–Crippen MR) is 140 cm³/mol. The van der Waals surface area contributed by atoms with Crippen molar-refractivity contribution in [2.45, 2.75) is 38.1 Å². The molecule has 10 heteroatoms.